The first kappa shape index (κ1) is 11.6. The Morgan fingerprint density at radius 1 is 1.45 bits per heavy atom. The fraction of sp³-hybridized carbons (Fsp3) is 1.00. The Morgan fingerprint density at radius 3 is 2.45 bits per heavy atom. The van der Waals surface area contributed by atoms with Crippen LogP contribution in [0.3, 0.4) is 0 Å². The maximum atomic E-state index is 7.76. The molecule has 0 saturated carbocycles. The van der Waals surface area contributed by atoms with Gasteiger partial charge in [-0.25, -0.2) is 0 Å². The van der Waals surface area contributed by atoms with E-state index in [4.69, 9.17) is 5.26 Å². The summed E-state index contributed by atoms with van der Waals surface area (Å²) in [6.07, 6.45) is 1.09. The van der Waals surface area contributed by atoms with Crippen molar-refractivity contribution in [3.05, 3.63) is 0 Å². The van der Waals surface area contributed by atoms with Crippen LogP contribution in [0.15, 0.2) is 0 Å². The van der Waals surface area contributed by atoms with Gasteiger partial charge in [0.05, 0.1) is 0 Å². The van der Waals surface area contributed by atoms with E-state index in [0.717, 1.165) is 6.42 Å². The molecule has 1 unspecified atom stereocenters. The Balaban J connectivity index is 3.36. The molecule has 0 bridgehead atoms. The summed E-state index contributed by atoms with van der Waals surface area (Å²) in [5, 5.41) is 15.0. The first-order valence-electron chi connectivity index (χ1n) is 3.30. The van der Waals surface area contributed by atoms with Crippen molar-refractivity contribution in [3.8, 4) is 0 Å². The van der Waals surface area contributed by atoms with Crippen molar-refractivity contribution in [1.82, 2.24) is 0 Å². The van der Waals surface area contributed by atoms with Crippen LogP contribution in [-0.2, 0) is 15.0 Å². The Kier molecular flexibility index (Phi) is 7.61. The third kappa shape index (κ3) is 5.80. The zero-order valence-electron chi connectivity index (χ0n) is 7.04. The van der Waals surface area contributed by atoms with Crippen molar-refractivity contribution in [1.29, 1.82) is 0 Å². The van der Waals surface area contributed by atoms with Gasteiger partial charge in [-0.05, 0) is 0 Å². The Hall–Kier alpha value is 0.570. The topological polar surface area (TPSA) is 47.9 Å². The third-order valence-electron chi connectivity index (χ3n) is 1.39. The molecule has 70 valence electrons. The predicted octanol–water partition coefficient (Wildman–Crippen LogP) is 1.88. The van der Waals surface area contributed by atoms with Gasteiger partial charge in [0, 0.05) is 0 Å². The zero-order valence-corrected chi connectivity index (χ0v) is 9.20. The number of hydrogen-bond acceptors (Lipinski definition) is 4. The van der Waals surface area contributed by atoms with Crippen molar-refractivity contribution in [3.63, 3.8) is 0 Å². The SMILES string of the molecule is CCC(COOOO)I(C)C. The van der Waals surface area contributed by atoms with Gasteiger partial charge in [0.2, 0.25) is 0 Å². The van der Waals surface area contributed by atoms with Crippen LogP contribution in [0.5, 0.6) is 0 Å². The Morgan fingerprint density at radius 2 is 2.09 bits per heavy atom. The van der Waals surface area contributed by atoms with E-state index in [9.17, 15) is 0 Å². The molecule has 5 heteroatoms. The van der Waals surface area contributed by atoms with Crippen molar-refractivity contribution in [2.24, 2.45) is 0 Å². The molecule has 0 aromatic carbocycles. The number of hydrogen-bond donors (Lipinski definition) is 1. The molecule has 0 amide bonds. The van der Waals surface area contributed by atoms with Gasteiger partial charge in [-0.1, -0.05) is 0 Å². The monoisotopic (exact) mass is 278 g/mol. The summed E-state index contributed by atoms with van der Waals surface area (Å²) in [5.74, 6) is 0. The van der Waals surface area contributed by atoms with E-state index in [0.29, 0.717) is 10.5 Å². The minimum absolute atomic E-state index is 0.509. The number of rotatable bonds is 6. The van der Waals surface area contributed by atoms with Crippen molar-refractivity contribution in [2.75, 3.05) is 16.5 Å². The number of alkyl halides is 3. The first-order valence-corrected chi connectivity index (χ1v) is 8.86. The van der Waals surface area contributed by atoms with Gasteiger partial charge in [0.25, 0.3) is 0 Å². The van der Waals surface area contributed by atoms with Gasteiger partial charge in [0.1, 0.15) is 0 Å². The molecule has 1 N–H and O–H groups in total. The van der Waals surface area contributed by atoms with Gasteiger partial charge in [-0.2, -0.15) is 0 Å². The third-order valence-corrected chi connectivity index (χ3v) is 6.15. The van der Waals surface area contributed by atoms with E-state index in [1.807, 2.05) is 0 Å². The van der Waals surface area contributed by atoms with Crippen LogP contribution in [-0.4, -0.2) is 25.6 Å². The molecule has 0 aromatic heterocycles. The normalized spacial score (nSPS) is 14.7. The van der Waals surface area contributed by atoms with Gasteiger partial charge < -0.3 is 0 Å². The van der Waals surface area contributed by atoms with Crippen LogP contribution in [0.4, 0.5) is 0 Å². The van der Waals surface area contributed by atoms with Gasteiger partial charge >= 0.3 is 73.8 Å². The zero-order chi connectivity index (χ0) is 8.69. The average Bonchev–Trinajstić information content (AvgIpc) is 1.97. The van der Waals surface area contributed by atoms with E-state index in [1.54, 1.807) is 0 Å². The van der Waals surface area contributed by atoms with Crippen molar-refractivity contribution in [2.45, 2.75) is 17.3 Å². The van der Waals surface area contributed by atoms with Crippen molar-refractivity contribution >= 4 is 19.8 Å². The summed E-state index contributed by atoms with van der Waals surface area (Å²) in [4.78, 5) is 9.09. The van der Waals surface area contributed by atoms with Gasteiger partial charge in [0.15, 0.2) is 0 Å². The van der Waals surface area contributed by atoms with Gasteiger partial charge in [-0.15, -0.1) is 0 Å². The van der Waals surface area contributed by atoms with Crippen LogP contribution in [0.1, 0.15) is 13.3 Å². The molecule has 0 aromatic rings. The summed E-state index contributed by atoms with van der Waals surface area (Å²) < 4.78 is 0.592. The summed E-state index contributed by atoms with van der Waals surface area (Å²) in [5.41, 5.74) is 0. The summed E-state index contributed by atoms with van der Waals surface area (Å²) in [7, 11) is 0. The van der Waals surface area contributed by atoms with E-state index >= 15 is 0 Å². The average molecular weight is 278 g/mol. The molecule has 0 aliphatic rings. The molecular weight excluding hydrogens is 263 g/mol. The van der Waals surface area contributed by atoms with E-state index in [2.05, 4.69) is 31.7 Å². The van der Waals surface area contributed by atoms with Gasteiger partial charge in [-0.3, -0.25) is 0 Å². The standard InChI is InChI=1S/C6H15IO4/c1-4-6(7(2)3)5-9-11-10-8/h6,8H,4-5H2,1-3H3. The predicted molar refractivity (Wildman–Crippen MR) is 50.7 cm³/mol. The quantitative estimate of drug-likeness (QED) is 0.265. The second-order valence-corrected chi connectivity index (χ2v) is 8.66. The molecule has 0 rings (SSSR count). The van der Waals surface area contributed by atoms with Crippen LogP contribution in [0, 0.1) is 0 Å². The molecule has 4 nitrogen and oxygen atoms in total. The Labute approximate surface area is 74.0 Å². The molecule has 0 aliphatic carbocycles. The summed E-state index contributed by atoms with van der Waals surface area (Å²) in [6, 6.07) is 0. The fourth-order valence-corrected chi connectivity index (χ4v) is 3.30. The Bertz CT molecular complexity index is 88.7. The minimum atomic E-state index is -0.826. The maximum absolute atomic E-state index is 7.76. The summed E-state index contributed by atoms with van der Waals surface area (Å²) in [6.45, 7) is 2.63. The molecule has 1 atom stereocenters. The van der Waals surface area contributed by atoms with Crippen LogP contribution in [0.2, 0.25) is 0 Å². The molecule has 0 aliphatic heterocycles. The van der Waals surface area contributed by atoms with E-state index in [1.165, 1.54) is 0 Å². The molecule has 0 heterocycles. The molecule has 0 fully saturated rings. The van der Waals surface area contributed by atoms with E-state index < -0.39 is 19.8 Å². The summed E-state index contributed by atoms with van der Waals surface area (Å²) >= 11 is -0.826. The molecule has 0 spiro atoms. The molecule has 0 saturated heterocycles. The molecule has 0 radical (unpaired) electrons. The van der Waals surface area contributed by atoms with Crippen LogP contribution < -0.4 is 0 Å². The van der Waals surface area contributed by atoms with E-state index in [-0.39, 0.29) is 0 Å². The second-order valence-electron chi connectivity index (χ2n) is 2.25. The molecule has 11 heavy (non-hydrogen) atoms. The second kappa shape index (κ2) is 7.23. The molecular formula is C6H15IO4. The first-order chi connectivity index (χ1) is 5.22. The number of halogens is 1. The van der Waals surface area contributed by atoms with Crippen LogP contribution >= 0.6 is 19.8 Å². The fourth-order valence-electron chi connectivity index (χ4n) is 0.676. The van der Waals surface area contributed by atoms with Crippen LogP contribution in [0.25, 0.3) is 0 Å². The van der Waals surface area contributed by atoms with Crippen molar-refractivity contribution < 1.29 is 20.2 Å².